The molecule has 0 aromatic heterocycles. The molecule has 2 aromatic carbocycles. The average Bonchev–Trinajstić information content (AvgIpc) is 2.91. The van der Waals surface area contributed by atoms with Crippen molar-refractivity contribution in [3.8, 4) is 11.5 Å². The maximum absolute atomic E-state index is 12.4. The lowest BCUT2D eigenvalue weighted by molar-refractivity contribution is -0.140. The van der Waals surface area contributed by atoms with Crippen molar-refractivity contribution >= 4 is 23.8 Å². The van der Waals surface area contributed by atoms with Gasteiger partial charge in [-0.2, -0.15) is 0 Å². The standard InChI is InChI=1S/C28H30O8/c1-3-27(31)35-17-5-4-16-33-24-11-6-22(7-12-24)8-15-26(30)23-9-13-25(14-10-23)34-18-19-36-28(32)21(2)20-29/h3,6-15,29H,1-2,4-5,16-20H2/b15-8+. The Morgan fingerprint density at radius 1 is 0.806 bits per heavy atom. The predicted molar refractivity (Wildman–Crippen MR) is 135 cm³/mol. The summed E-state index contributed by atoms with van der Waals surface area (Å²) in [6.45, 7) is 7.24. The van der Waals surface area contributed by atoms with Crippen LogP contribution in [0.15, 0.2) is 79.4 Å². The highest BCUT2D eigenvalue weighted by Crippen LogP contribution is 2.16. The summed E-state index contributed by atoms with van der Waals surface area (Å²) in [5.41, 5.74) is 1.33. The maximum atomic E-state index is 12.4. The number of ketones is 1. The van der Waals surface area contributed by atoms with E-state index in [9.17, 15) is 14.4 Å². The number of carbonyl (C=O) groups excluding carboxylic acids is 3. The lowest BCUT2D eigenvalue weighted by Gasteiger charge is -2.08. The quantitative estimate of drug-likeness (QED) is 0.162. The molecular formula is C28H30O8. The second kappa shape index (κ2) is 15.7. The first kappa shape index (κ1) is 28.1. The van der Waals surface area contributed by atoms with Gasteiger partial charge in [-0.15, -0.1) is 0 Å². The number of benzene rings is 2. The molecule has 0 aliphatic carbocycles. The number of ether oxygens (including phenoxy) is 4. The van der Waals surface area contributed by atoms with Crippen LogP contribution in [0, 0.1) is 0 Å². The van der Waals surface area contributed by atoms with Gasteiger partial charge in [-0.1, -0.05) is 31.4 Å². The van der Waals surface area contributed by atoms with Crippen molar-refractivity contribution in [1.29, 1.82) is 0 Å². The third-order valence-electron chi connectivity index (χ3n) is 4.73. The topological polar surface area (TPSA) is 108 Å². The summed E-state index contributed by atoms with van der Waals surface area (Å²) in [6, 6.07) is 14.0. The molecule has 8 heteroatoms. The van der Waals surface area contributed by atoms with Gasteiger partial charge in [-0.25, -0.2) is 9.59 Å². The Bertz CT molecular complexity index is 1050. The summed E-state index contributed by atoms with van der Waals surface area (Å²) < 4.78 is 20.9. The van der Waals surface area contributed by atoms with E-state index in [0.717, 1.165) is 18.1 Å². The van der Waals surface area contributed by atoms with E-state index >= 15 is 0 Å². The van der Waals surface area contributed by atoms with Crippen LogP contribution in [0.4, 0.5) is 0 Å². The van der Waals surface area contributed by atoms with Gasteiger partial charge in [0.2, 0.25) is 0 Å². The molecule has 0 fully saturated rings. The lowest BCUT2D eigenvalue weighted by Crippen LogP contribution is -2.15. The van der Waals surface area contributed by atoms with Crippen molar-refractivity contribution in [2.24, 2.45) is 0 Å². The van der Waals surface area contributed by atoms with Crippen LogP contribution < -0.4 is 9.47 Å². The van der Waals surface area contributed by atoms with Gasteiger partial charge < -0.3 is 24.1 Å². The molecule has 0 amide bonds. The van der Waals surface area contributed by atoms with E-state index in [1.54, 1.807) is 30.3 Å². The van der Waals surface area contributed by atoms with Crippen LogP contribution in [0.3, 0.4) is 0 Å². The first-order chi connectivity index (χ1) is 17.4. The summed E-state index contributed by atoms with van der Waals surface area (Å²) in [5.74, 6) is -0.0119. The van der Waals surface area contributed by atoms with E-state index in [4.69, 9.17) is 24.1 Å². The van der Waals surface area contributed by atoms with Crippen molar-refractivity contribution in [3.05, 3.63) is 90.5 Å². The minimum absolute atomic E-state index is 0.0122. The molecule has 8 nitrogen and oxygen atoms in total. The Labute approximate surface area is 210 Å². The number of unbranched alkanes of at least 4 members (excludes halogenated alkanes) is 1. The third-order valence-corrected chi connectivity index (χ3v) is 4.73. The molecule has 0 aliphatic heterocycles. The zero-order chi connectivity index (χ0) is 26.2. The van der Waals surface area contributed by atoms with Gasteiger partial charge >= 0.3 is 11.9 Å². The van der Waals surface area contributed by atoms with E-state index in [-0.39, 0.29) is 24.6 Å². The first-order valence-electron chi connectivity index (χ1n) is 11.4. The van der Waals surface area contributed by atoms with Gasteiger partial charge in [-0.3, -0.25) is 4.79 Å². The van der Waals surface area contributed by atoms with Crippen LogP contribution in [-0.2, 0) is 19.1 Å². The fraction of sp³-hybridized carbons (Fsp3) is 0.250. The van der Waals surface area contributed by atoms with Gasteiger partial charge in [0.05, 0.1) is 25.4 Å². The van der Waals surface area contributed by atoms with Crippen molar-refractivity contribution in [2.45, 2.75) is 12.8 Å². The fourth-order valence-electron chi connectivity index (χ4n) is 2.75. The molecule has 0 radical (unpaired) electrons. The summed E-state index contributed by atoms with van der Waals surface area (Å²) in [7, 11) is 0. The highest BCUT2D eigenvalue weighted by atomic mass is 16.6. The van der Waals surface area contributed by atoms with Crippen LogP contribution in [0.25, 0.3) is 6.08 Å². The number of carbonyl (C=O) groups is 3. The molecule has 1 N–H and O–H groups in total. The molecule has 0 aliphatic rings. The van der Waals surface area contributed by atoms with Crippen molar-refractivity contribution in [2.75, 3.05) is 33.0 Å². The summed E-state index contributed by atoms with van der Waals surface area (Å²) >= 11 is 0. The van der Waals surface area contributed by atoms with Crippen LogP contribution in [0.1, 0.15) is 28.8 Å². The van der Waals surface area contributed by atoms with Crippen molar-refractivity contribution in [1.82, 2.24) is 0 Å². The van der Waals surface area contributed by atoms with Gasteiger partial charge in [0.1, 0.15) is 24.7 Å². The van der Waals surface area contributed by atoms with Gasteiger partial charge in [-0.05, 0) is 60.9 Å². The van der Waals surface area contributed by atoms with E-state index in [0.29, 0.717) is 36.7 Å². The number of aliphatic hydroxyl groups excluding tert-OH is 1. The zero-order valence-corrected chi connectivity index (χ0v) is 20.0. The number of esters is 2. The molecule has 0 saturated carbocycles. The molecule has 36 heavy (non-hydrogen) atoms. The zero-order valence-electron chi connectivity index (χ0n) is 20.0. The highest BCUT2D eigenvalue weighted by Gasteiger charge is 2.07. The molecule has 2 rings (SSSR count). The van der Waals surface area contributed by atoms with E-state index in [1.165, 1.54) is 6.08 Å². The minimum Gasteiger partial charge on any atom is -0.494 e. The van der Waals surface area contributed by atoms with Crippen molar-refractivity contribution < 1.29 is 38.4 Å². The first-order valence-corrected chi connectivity index (χ1v) is 11.4. The molecule has 0 saturated heterocycles. The molecule has 0 heterocycles. The smallest absolute Gasteiger partial charge is 0.335 e. The van der Waals surface area contributed by atoms with Crippen molar-refractivity contribution in [3.63, 3.8) is 0 Å². The summed E-state index contributed by atoms with van der Waals surface area (Å²) in [6.07, 6.45) is 5.80. The Kier molecular flexibility index (Phi) is 12.2. The Morgan fingerprint density at radius 2 is 1.42 bits per heavy atom. The second-order valence-electron chi connectivity index (χ2n) is 7.46. The average molecular weight is 495 g/mol. The second-order valence-corrected chi connectivity index (χ2v) is 7.46. The third kappa shape index (κ3) is 10.4. The number of hydrogen-bond acceptors (Lipinski definition) is 8. The SMILES string of the molecule is C=CC(=O)OCCCCOc1ccc(/C=C/C(=O)c2ccc(OCCOC(=O)C(=C)CO)cc2)cc1. The normalized spacial score (nSPS) is 10.5. The molecule has 0 atom stereocenters. The fourth-order valence-corrected chi connectivity index (χ4v) is 2.75. The van der Waals surface area contributed by atoms with Gasteiger partial charge in [0.15, 0.2) is 5.78 Å². The van der Waals surface area contributed by atoms with Crippen LogP contribution in [0.2, 0.25) is 0 Å². The lowest BCUT2D eigenvalue weighted by atomic mass is 10.1. The maximum Gasteiger partial charge on any atom is 0.335 e. The number of aliphatic hydroxyl groups is 1. The molecule has 0 unspecified atom stereocenters. The molecule has 0 bridgehead atoms. The predicted octanol–water partition coefficient (Wildman–Crippen LogP) is 3.94. The molecular weight excluding hydrogens is 464 g/mol. The van der Waals surface area contributed by atoms with Crippen LogP contribution in [0.5, 0.6) is 11.5 Å². The summed E-state index contributed by atoms with van der Waals surface area (Å²) in [5, 5.41) is 8.81. The van der Waals surface area contributed by atoms with E-state index < -0.39 is 18.5 Å². The Morgan fingerprint density at radius 3 is 2.06 bits per heavy atom. The summed E-state index contributed by atoms with van der Waals surface area (Å²) in [4.78, 5) is 34.8. The molecule has 190 valence electrons. The Balaban J connectivity index is 1.71. The number of hydrogen-bond donors (Lipinski definition) is 1. The monoisotopic (exact) mass is 494 g/mol. The minimum atomic E-state index is -0.670. The number of allylic oxidation sites excluding steroid dienone is 1. The van der Waals surface area contributed by atoms with E-state index in [2.05, 4.69) is 13.2 Å². The van der Waals surface area contributed by atoms with Crippen LogP contribution in [-0.4, -0.2) is 55.9 Å². The highest BCUT2D eigenvalue weighted by molar-refractivity contribution is 6.06. The van der Waals surface area contributed by atoms with Gasteiger partial charge in [0.25, 0.3) is 0 Å². The Hall–Kier alpha value is -4.17. The number of rotatable bonds is 16. The van der Waals surface area contributed by atoms with E-state index in [1.807, 2.05) is 24.3 Å². The molecule has 2 aromatic rings. The molecule has 0 spiro atoms. The van der Waals surface area contributed by atoms with Crippen LogP contribution >= 0.6 is 0 Å². The van der Waals surface area contributed by atoms with Gasteiger partial charge in [0, 0.05) is 11.6 Å². The largest absolute Gasteiger partial charge is 0.494 e.